The molecular formula is C16H15N5O3. The predicted molar refractivity (Wildman–Crippen MR) is 88.3 cm³/mol. The van der Waals surface area contributed by atoms with Gasteiger partial charge in [-0.1, -0.05) is 12.1 Å². The Labute approximate surface area is 138 Å². The molecular weight excluding hydrogens is 310 g/mol. The van der Waals surface area contributed by atoms with Crippen LogP contribution in [0.15, 0.2) is 28.7 Å². The zero-order valence-electron chi connectivity index (χ0n) is 12.8. The molecule has 2 aromatic rings. The molecule has 1 N–H and O–H groups in total. The summed E-state index contributed by atoms with van der Waals surface area (Å²) in [7, 11) is 0. The van der Waals surface area contributed by atoms with Gasteiger partial charge < -0.3 is 14.6 Å². The third-order valence-electron chi connectivity index (χ3n) is 3.64. The van der Waals surface area contributed by atoms with E-state index in [0.29, 0.717) is 17.3 Å². The van der Waals surface area contributed by atoms with E-state index in [9.17, 15) is 15.4 Å². The van der Waals surface area contributed by atoms with Crippen molar-refractivity contribution in [1.82, 2.24) is 10.3 Å². The lowest BCUT2D eigenvalue weighted by molar-refractivity contribution is -0.384. The number of benzene rings is 1. The smallest absolute Gasteiger partial charge is 0.270 e. The highest BCUT2D eigenvalue weighted by atomic mass is 16.6. The highest BCUT2D eigenvalue weighted by Gasteiger charge is 2.20. The SMILES string of the molecule is N#Cc1nc(/C=C/c2cccc([N+](=O)[O-])c2)oc1N1CCNCC1. The third kappa shape index (κ3) is 3.42. The van der Waals surface area contributed by atoms with Gasteiger partial charge >= 0.3 is 0 Å². The molecule has 3 rings (SSSR count). The van der Waals surface area contributed by atoms with Crippen LogP contribution in [0.1, 0.15) is 17.1 Å². The standard InChI is InChI=1S/C16H15N5O3/c17-11-14-16(20-8-6-18-7-9-20)24-15(19-14)5-4-12-2-1-3-13(10-12)21(22)23/h1-5,10,18H,6-9H2/b5-4+. The topological polar surface area (TPSA) is 108 Å². The number of non-ortho nitro benzene ring substituents is 1. The quantitative estimate of drug-likeness (QED) is 0.676. The summed E-state index contributed by atoms with van der Waals surface area (Å²) in [6, 6.07) is 8.29. The van der Waals surface area contributed by atoms with E-state index in [2.05, 4.69) is 10.3 Å². The number of oxazole rings is 1. The Balaban J connectivity index is 1.82. The molecule has 8 heteroatoms. The minimum Gasteiger partial charge on any atom is -0.420 e. The maximum atomic E-state index is 10.8. The number of rotatable bonds is 4. The summed E-state index contributed by atoms with van der Waals surface area (Å²) in [4.78, 5) is 16.5. The van der Waals surface area contributed by atoms with Crippen LogP contribution in [0.25, 0.3) is 12.2 Å². The Hall–Kier alpha value is -3.18. The number of nitro benzene ring substituents is 1. The summed E-state index contributed by atoms with van der Waals surface area (Å²) in [5.41, 5.74) is 0.920. The Kier molecular flexibility index (Phi) is 4.54. The van der Waals surface area contributed by atoms with E-state index in [1.54, 1.807) is 24.3 Å². The van der Waals surface area contributed by atoms with Gasteiger partial charge in [0.2, 0.25) is 17.5 Å². The van der Waals surface area contributed by atoms with Crippen LogP contribution in [0.4, 0.5) is 11.6 Å². The molecule has 1 aromatic carbocycles. The number of aromatic nitrogens is 1. The lowest BCUT2D eigenvalue weighted by Gasteiger charge is -2.26. The van der Waals surface area contributed by atoms with Crippen LogP contribution in [0.2, 0.25) is 0 Å². The van der Waals surface area contributed by atoms with Gasteiger partial charge in [-0.2, -0.15) is 10.2 Å². The normalized spacial score (nSPS) is 14.7. The molecule has 0 atom stereocenters. The lowest BCUT2D eigenvalue weighted by Crippen LogP contribution is -2.43. The van der Waals surface area contributed by atoms with E-state index in [1.807, 2.05) is 11.0 Å². The second kappa shape index (κ2) is 6.93. The van der Waals surface area contributed by atoms with Crippen molar-refractivity contribution in [2.45, 2.75) is 0 Å². The van der Waals surface area contributed by atoms with Crippen LogP contribution in [0.5, 0.6) is 0 Å². The average molecular weight is 325 g/mol. The fourth-order valence-corrected chi connectivity index (χ4v) is 2.46. The zero-order chi connectivity index (χ0) is 16.9. The monoisotopic (exact) mass is 325 g/mol. The molecule has 1 aromatic heterocycles. The van der Waals surface area contributed by atoms with E-state index in [0.717, 1.165) is 26.2 Å². The van der Waals surface area contributed by atoms with Gasteiger partial charge in [0.05, 0.1) is 4.92 Å². The third-order valence-corrected chi connectivity index (χ3v) is 3.64. The number of anilines is 1. The number of nitrogens with zero attached hydrogens (tertiary/aromatic N) is 4. The molecule has 24 heavy (non-hydrogen) atoms. The predicted octanol–water partition coefficient (Wildman–Crippen LogP) is 2.03. The van der Waals surface area contributed by atoms with Gasteiger partial charge in [0.1, 0.15) is 6.07 Å². The molecule has 1 aliphatic rings. The maximum Gasteiger partial charge on any atom is 0.270 e. The molecule has 0 radical (unpaired) electrons. The first-order chi connectivity index (χ1) is 11.7. The number of nitrogens with one attached hydrogen (secondary N) is 1. The van der Waals surface area contributed by atoms with E-state index in [-0.39, 0.29) is 11.4 Å². The van der Waals surface area contributed by atoms with Crippen LogP contribution in [0.3, 0.4) is 0 Å². The van der Waals surface area contributed by atoms with Gasteiger partial charge in [0, 0.05) is 44.4 Å². The molecule has 0 aliphatic carbocycles. The van der Waals surface area contributed by atoms with Crippen LogP contribution in [-0.2, 0) is 0 Å². The minimum absolute atomic E-state index is 0.0174. The summed E-state index contributed by atoms with van der Waals surface area (Å²) >= 11 is 0. The van der Waals surface area contributed by atoms with Gasteiger partial charge in [-0.05, 0) is 11.6 Å². The van der Waals surface area contributed by atoms with Gasteiger partial charge in [-0.25, -0.2) is 0 Å². The van der Waals surface area contributed by atoms with Crippen molar-refractivity contribution in [1.29, 1.82) is 5.26 Å². The van der Waals surface area contributed by atoms with Crippen LogP contribution < -0.4 is 10.2 Å². The van der Waals surface area contributed by atoms with Gasteiger partial charge in [0.25, 0.3) is 5.69 Å². The van der Waals surface area contributed by atoms with Crippen LogP contribution in [0, 0.1) is 21.4 Å². The largest absolute Gasteiger partial charge is 0.420 e. The Morgan fingerprint density at radius 2 is 2.17 bits per heavy atom. The zero-order valence-corrected chi connectivity index (χ0v) is 12.8. The molecule has 0 spiro atoms. The van der Waals surface area contributed by atoms with Crippen molar-refractivity contribution < 1.29 is 9.34 Å². The first-order valence-electron chi connectivity index (χ1n) is 7.46. The molecule has 1 aliphatic heterocycles. The summed E-state index contributed by atoms with van der Waals surface area (Å²) in [6.07, 6.45) is 3.27. The summed E-state index contributed by atoms with van der Waals surface area (Å²) in [6.45, 7) is 3.14. The molecule has 0 amide bonds. The Morgan fingerprint density at radius 1 is 1.38 bits per heavy atom. The molecule has 1 fully saturated rings. The summed E-state index contributed by atoms with van der Waals surface area (Å²) < 4.78 is 5.69. The molecule has 1 saturated heterocycles. The van der Waals surface area contributed by atoms with Crippen molar-refractivity contribution in [2.75, 3.05) is 31.1 Å². The van der Waals surface area contributed by atoms with Gasteiger partial charge in [-0.15, -0.1) is 0 Å². The molecule has 8 nitrogen and oxygen atoms in total. The molecule has 0 unspecified atom stereocenters. The average Bonchev–Trinajstić information content (AvgIpc) is 3.04. The maximum absolute atomic E-state index is 10.8. The first kappa shape index (κ1) is 15.7. The van der Waals surface area contributed by atoms with Gasteiger partial charge in [0.15, 0.2) is 0 Å². The molecule has 2 heterocycles. The number of hydrogen-bond acceptors (Lipinski definition) is 7. The van der Waals surface area contributed by atoms with Crippen molar-refractivity contribution in [3.8, 4) is 6.07 Å². The number of piperazine rings is 1. The van der Waals surface area contributed by atoms with Crippen LogP contribution in [-0.4, -0.2) is 36.1 Å². The van der Waals surface area contributed by atoms with E-state index in [4.69, 9.17) is 4.42 Å². The van der Waals surface area contributed by atoms with Crippen molar-refractivity contribution >= 4 is 23.7 Å². The fourth-order valence-electron chi connectivity index (χ4n) is 2.46. The van der Waals surface area contributed by atoms with E-state index in [1.165, 1.54) is 12.1 Å². The molecule has 122 valence electrons. The lowest BCUT2D eigenvalue weighted by atomic mass is 10.2. The highest BCUT2D eigenvalue weighted by Crippen LogP contribution is 2.23. The second-order valence-electron chi connectivity index (χ2n) is 5.24. The van der Waals surface area contributed by atoms with E-state index >= 15 is 0 Å². The Morgan fingerprint density at radius 3 is 2.88 bits per heavy atom. The fraction of sp³-hybridized carbons (Fsp3) is 0.250. The first-order valence-corrected chi connectivity index (χ1v) is 7.46. The van der Waals surface area contributed by atoms with Gasteiger partial charge in [-0.3, -0.25) is 10.1 Å². The van der Waals surface area contributed by atoms with Crippen LogP contribution >= 0.6 is 0 Å². The van der Waals surface area contributed by atoms with Crippen molar-refractivity contribution in [3.05, 3.63) is 51.5 Å². The Bertz CT molecular complexity index is 815. The van der Waals surface area contributed by atoms with Crippen molar-refractivity contribution in [3.63, 3.8) is 0 Å². The highest BCUT2D eigenvalue weighted by molar-refractivity contribution is 5.68. The second-order valence-corrected chi connectivity index (χ2v) is 5.24. The molecule has 0 saturated carbocycles. The molecule has 0 bridgehead atoms. The number of nitriles is 1. The summed E-state index contributed by atoms with van der Waals surface area (Å²) in [5, 5.41) is 23.3. The number of nitro groups is 1. The summed E-state index contributed by atoms with van der Waals surface area (Å²) in [5.74, 6) is 0.768. The van der Waals surface area contributed by atoms with E-state index < -0.39 is 4.92 Å². The van der Waals surface area contributed by atoms with Crippen molar-refractivity contribution in [2.24, 2.45) is 0 Å². The number of hydrogen-bond donors (Lipinski definition) is 1. The minimum atomic E-state index is -0.446.